The third-order valence-corrected chi connectivity index (χ3v) is 5.25. The predicted molar refractivity (Wildman–Crippen MR) is 105 cm³/mol. The number of nitrogens with two attached hydrogens (primary N) is 1. The molecule has 1 aliphatic rings. The molecule has 0 unspecified atom stereocenters. The second-order valence-corrected chi connectivity index (χ2v) is 7.14. The topological polar surface area (TPSA) is 94.0 Å². The van der Waals surface area contributed by atoms with E-state index in [1.165, 1.54) is 0 Å². The third kappa shape index (κ3) is 3.10. The summed E-state index contributed by atoms with van der Waals surface area (Å²) in [6.45, 7) is 0. The Bertz CT molecular complexity index is 1100. The van der Waals surface area contributed by atoms with Gasteiger partial charge < -0.3 is 11.1 Å². The van der Waals surface area contributed by atoms with Crippen LogP contribution in [0.1, 0.15) is 25.7 Å². The van der Waals surface area contributed by atoms with Gasteiger partial charge in [-0.05, 0) is 56.0 Å². The molecule has 27 heavy (non-hydrogen) atoms. The number of pyridine rings is 2. The Hall–Kier alpha value is -3.06. The first-order chi connectivity index (χ1) is 13.3. The Balaban J connectivity index is 1.44. The number of hydrogen-bond acceptors (Lipinski definition) is 6. The van der Waals surface area contributed by atoms with Crippen molar-refractivity contribution in [2.45, 2.75) is 37.8 Å². The lowest BCUT2D eigenvalue weighted by Gasteiger charge is -2.26. The number of anilines is 1. The first kappa shape index (κ1) is 16.1. The quantitative estimate of drug-likeness (QED) is 0.584. The zero-order valence-corrected chi connectivity index (χ0v) is 14.9. The van der Waals surface area contributed by atoms with Crippen molar-refractivity contribution in [3.8, 4) is 11.3 Å². The summed E-state index contributed by atoms with van der Waals surface area (Å²) in [5.74, 6) is 0.654. The Morgan fingerprint density at radius 3 is 2.78 bits per heavy atom. The predicted octanol–water partition coefficient (Wildman–Crippen LogP) is 3.02. The van der Waals surface area contributed by atoms with Crippen molar-refractivity contribution in [1.29, 1.82) is 0 Å². The van der Waals surface area contributed by atoms with Gasteiger partial charge in [-0.25, -0.2) is 14.5 Å². The van der Waals surface area contributed by atoms with Gasteiger partial charge in [0, 0.05) is 30.0 Å². The second-order valence-electron chi connectivity index (χ2n) is 7.14. The van der Waals surface area contributed by atoms with Gasteiger partial charge in [0.2, 0.25) is 5.95 Å². The Morgan fingerprint density at radius 1 is 1.00 bits per heavy atom. The van der Waals surface area contributed by atoms with E-state index in [-0.39, 0.29) is 0 Å². The highest BCUT2D eigenvalue weighted by Gasteiger charge is 2.19. The maximum atomic E-state index is 5.98. The minimum absolute atomic E-state index is 0.336. The molecule has 0 atom stereocenters. The molecule has 4 aromatic heterocycles. The molecular weight excluding hydrogens is 338 g/mol. The molecule has 0 saturated heterocycles. The lowest BCUT2D eigenvalue weighted by molar-refractivity contribution is 0.409. The van der Waals surface area contributed by atoms with Crippen molar-refractivity contribution in [3.05, 3.63) is 48.9 Å². The number of nitrogens with zero attached hydrogens (tertiary/aromatic N) is 5. The van der Waals surface area contributed by atoms with E-state index in [9.17, 15) is 0 Å². The Kier molecular flexibility index (Phi) is 3.94. The van der Waals surface area contributed by atoms with Crippen LogP contribution in [0, 0.1) is 0 Å². The minimum atomic E-state index is 0.336. The lowest BCUT2D eigenvalue weighted by atomic mass is 9.92. The minimum Gasteiger partial charge on any atom is -0.350 e. The highest BCUT2D eigenvalue weighted by molar-refractivity contribution is 5.83. The molecule has 1 fully saturated rings. The maximum absolute atomic E-state index is 5.98. The summed E-state index contributed by atoms with van der Waals surface area (Å²) >= 11 is 0. The summed E-state index contributed by atoms with van der Waals surface area (Å²) < 4.78 is 1.86. The van der Waals surface area contributed by atoms with Gasteiger partial charge in [0.1, 0.15) is 0 Å². The molecule has 0 amide bonds. The Labute approximate surface area is 156 Å². The van der Waals surface area contributed by atoms with E-state index in [0.29, 0.717) is 18.0 Å². The molecule has 3 N–H and O–H groups in total. The van der Waals surface area contributed by atoms with Crippen molar-refractivity contribution in [2.75, 3.05) is 5.32 Å². The molecule has 4 heterocycles. The average Bonchev–Trinajstić information content (AvgIpc) is 3.12. The van der Waals surface area contributed by atoms with E-state index < -0.39 is 0 Å². The van der Waals surface area contributed by atoms with Crippen LogP contribution in [0.4, 0.5) is 5.95 Å². The molecule has 136 valence electrons. The molecule has 7 heteroatoms. The zero-order chi connectivity index (χ0) is 18.2. The number of nitrogens with one attached hydrogen (secondary N) is 1. The standard InChI is InChI=1S/C20H21N7/c21-13-3-5-14(6-4-13)24-20-23-12-19-15(9-11-27(19)26-20)16-7-8-17-18(25-16)2-1-10-22-17/h1-2,7-14H,3-6,21H2,(H,24,26)/t13-,14+. The molecule has 5 rings (SSSR count). The largest absolute Gasteiger partial charge is 0.350 e. The van der Waals surface area contributed by atoms with Crippen LogP contribution in [0.25, 0.3) is 27.8 Å². The Morgan fingerprint density at radius 2 is 1.89 bits per heavy atom. The molecule has 0 aliphatic heterocycles. The van der Waals surface area contributed by atoms with Crippen LogP contribution in [-0.4, -0.2) is 36.6 Å². The number of rotatable bonds is 3. The van der Waals surface area contributed by atoms with Crippen LogP contribution in [0.2, 0.25) is 0 Å². The monoisotopic (exact) mass is 359 g/mol. The summed E-state index contributed by atoms with van der Waals surface area (Å²) in [4.78, 5) is 13.6. The first-order valence-corrected chi connectivity index (χ1v) is 9.35. The number of fused-ring (bicyclic) bond motifs is 2. The van der Waals surface area contributed by atoms with Crippen molar-refractivity contribution in [2.24, 2.45) is 5.73 Å². The molecule has 0 radical (unpaired) electrons. The van der Waals surface area contributed by atoms with Gasteiger partial charge in [-0.1, -0.05) is 0 Å². The summed E-state index contributed by atoms with van der Waals surface area (Å²) in [6.07, 6.45) is 9.81. The van der Waals surface area contributed by atoms with Crippen molar-refractivity contribution in [3.63, 3.8) is 0 Å². The molecule has 1 aliphatic carbocycles. The summed E-state index contributed by atoms with van der Waals surface area (Å²) in [5.41, 5.74) is 10.6. The fourth-order valence-electron chi connectivity index (χ4n) is 3.74. The fraction of sp³-hybridized carbons (Fsp3) is 0.300. The number of hydrogen-bond donors (Lipinski definition) is 2. The zero-order valence-electron chi connectivity index (χ0n) is 14.9. The molecule has 1 saturated carbocycles. The van der Waals surface area contributed by atoms with Crippen molar-refractivity contribution >= 4 is 22.5 Å². The molecule has 4 aromatic rings. The lowest BCUT2D eigenvalue weighted by Crippen LogP contribution is -2.33. The summed E-state index contributed by atoms with van der Waals surface area (Å²) in [6, 6.07) is 10.6. The summed E-state index contributed by atoms with van der Waals surface area (Å²) in [5, 5.41) is 8.06. The van der Waals surface area contributed by atoms with Gasteiger partial charge in [-0.15, -0.1) is 5.10 Å². The maximum Gasteiger partial charge on any atom is 0.241 e. The van der Waals surface area contributed by atoms with Gasteiger partial charge >= 0.3 is 0 Å². The molecule has 7 nitrogen and oxygen atoms in total. The van der Waals surface area contributed by atoms with Gasteiger partial charge in [0.25, 0.3) is 0 Å². The fourth-order valence-corrected chi connectivity index (χ4v) is 3.74. The third-order valence-electron chi connectivity index (χ3n) is 5.25. The molecule has 0 spiro atoms. The van der Waals surface area contributed by atoms with Crippen molar-refractivity contribution in [1.82, 2.24) is 24.6 Å². The normalized spacial score (nSPS) is 20.2. The van der Waals surface area contributed by atoms with Gasteiger partial charge in [-0.2, -0.15) is 0 Å². The van der Waals surface area contributed by atoms with Crippen molar-refractivity contribution < 1.29 is 0 Å². The highest BCUT2D eigenvalue weighted by Crippen LogP contribution is 2.26. The molecule has 0 bridgehead atoms. The van der Waals surface area contributed by atoms with E-state index in [0.717, 1.165) is 53.5 Å². The van der Waals surface area contributed by atoms with E-state index in [2.05, 4.69) is 20.4 Å². The number of aromatic nitrogens is 5. The van der Waals surface area contributed by atoms with E-state index in [1.807, 2.05) is 47.2 Å². The van der Waals surface area contributed by atoms with Gasteiger partial charge in [0.05, 0.1) is 28.4 Å². The van der Waals surface area contributed by atoms with Gasteiger partial charge in [0.15, 0.2) is 0 Å². The van der Waals surface area contributed by atoms with E-state index in [4.69, 9.17) is 10.7 Å². The van der Waals surface area contributed by atoms with E-state index >= 15 is 0 Å². The molecule has 0 aromatic carbocycles. The van der Waals surface area contributed by atoms with Crippen LogP contribution in [0.5, 0.6) is 0 Å². The van der Waals surface area contributed by atoms with Crippen LogP contribution in [0.15, 0.2) is 48.9 Å². The average molecular weight is 359 g/mol. The van der Waals surface area contributed by atoms with Crippen LogP contribution >= 0.6 is 0 Å². The van der Waals surface area contributed by atoms with Gasteiger partial charge in [-0.3, -0.25) is 4.98 Å². The highest BCUT2D eigenvalue weighted by atomic mass is 15.3. The SMILES string of the molecule is N[C@H]1CC[C@@H](Nc2ncc3c(-c4ccc5ncccc5n4)ccn3n2)CC1. The van der Waals surface area contributed by atoms with Crippen LogP contribution in [0.3, 0.4) is 0 Å². The van der Waals surface area contributed by atoms with E-state index in [1.54, 1.807) is 6.20 Å². The second kappa shape index (κ2) is 6.59. The smallest absolute Gasteiger partial charge is 0.241 e. The van der Waals surface area contributed by atoms with Crippen LogP contribution in [-0.2, 0) is 0 Å². The molecular formula is C20H21N7. The first-order valence-electron chi connectivity index (χ1n) is 9.35. The summed E-state index contributed by atoms with van der Waals surface area (Å²) in [7, 11) is 0. The van der Waals surface area contributed by atoms with Crippen LogP contribution < -0.4 is 11.1 Å².